The Bertz CT molecular complexity index is 1080. The molecule has 2 unspecified atom stereocenters. The fourth-order valence-electron chi connectivity index (χ4n) is 3.71. The Hall–Kier alpha value is -3.65. The van der Waals surface area contributed by atoms with Crippen molar-refractivity contribution in [2.24, 2.45) is 0 Å². The van der Waals surface area contributed by atoms with Crippen molar-refractivity contribution in [3.8, 4) is 0 Å². The van der Waals surface area contributed by atoms with Crippen molar-refractivity contribution in [1.29, 1.82) is 0 Å². The third-order valence-corrected chi connectivity index (χ3v) is 5.01. The third-order valence-electron chi connectivity index (χ3n) is 5.01. The Morgan fingerprint density at radius 1 is 1.13 bits per heavy atom. The van der Waals surface area contributed by atoms with Crippen molar-refractivity contribution in [3.63, 3.8) is 0 Å². The molecule has 0 spiro atoms. The molecule has 0 aliphatic carbocycles. The first-order valence-electron chi connectivity index (χ1n) is 9.35. The van der Waals surface area contributed by atoms with E-state index in [4.69, 9.17) is 14.6 Å². The molecule has 156 valence electrons. The lowest BCUT2D eigenvalue weighted by Crippen LogP contribution is -2.94. The first-order valence-corrected chi connectivity index (χ1v) is 9.35. The zero-order valence-electron chi connectivity index (χ0n) is 16.5. The Morgan fingerprint density at radius 3 is 2.37 bits per heavy atom. The van der Waals surface area contributed by atoms with E-state index in [0.717, 1.165) is 34.6 Å². The lowest BCUT2D eigenvalue weighted by atomic mass is 9.90. The number of aromatic nitrogens is 1. The minimum absolute atomic E-state index is 0.168. The molecule has 0 bridgehead atoms. The number of carbonyl (C=O) groups excluding carboxylic acids is 2. The normalized spacial score (nSPS) is 17.4. The van der Waals surface area contributed by atoms with Crippen molar-refractivity contribution in [1.82, 2.24) is 4.98 Å². The molecular formula is C22H22N2O6. The van der Waals surface area contributed by atoms with E-state index < -0.39 is 18.0 Å². The average Bonchev–Trinajstić information content (AvgIpc) is 3.11. The summed E-state index contributed by atoms with van der Waals surface area (Å²) >= 11 is 0. The average molecular weight is 410 g/mol. The number of para-hydroxylation sites is 1. The molecule has 1 aliphatic rings. The summed E-state index contributed by atoms with van der Waals surface area (Å²) in [6.45, 7) is 0.972. The molecule has 1 aliphatic heterocycles. The van der Waals surface area contributed by atoms with Crippen LogP contribution in [0.4, 0.5) is 0 Å². The second kappa shape index (κ2) is 8.79. The smallest absolute Gasteiger partial charge is 0.362 e. The Labute approximate surface area is 172 Å². The number of esters is 1. The van der Waals surface area contributed by atoms with Gasteiger partial charge in [-0.25, -0.2) is 9.59 Å². The molecule has 8 nitrogen and oxygen atoms in total. The molecule has 3 aromatic rings. The highest BCUT2D eigenvalue weighted by Gasteiger charge is 2.37. The summed E-state index contributed by atoms with van der Waals surface area (Å²) in [5.41, 5.74) is 4.50. The van der Waals surface area contributed by atoms with Crippen molar-refractivity contribution in [2.75, 3.05) is 7.11 Å². The number of quaternary nitrogens is 1. The van der Waals surface area contributed by atoms with E-state index in [1.54, 1.807) is 12.1 Å². The van der Waals surface area contributed by atoms with Gasteiger partial charge < -0.3 is 30.0 Å². The van der Waals surface area contributed by atoms with Crippen molar-refractivity contribution < 1.29 is 34.7 Å². The molecule has 30 heavy (non-hydrogen) atoms. The van der Waals surface area contributed by atoms with Gasteiger partial charge >= 0.3 is 11.9 Å². The molecule has 2 aromatic carbocycles. The number of aliphatic carboxylic acids is 2. The Morgan fingerprint density at radius 2 is 1.77 bits per heavy atom. The van der Waals surface area contributed by atoms with Gasteiger partial charge in [0.1, 0.15) is 0 Å². The quantitative estimate of drug-likeness (QED) is 0.534. The highest BCUT2D eigenvalue weighted by Crippen LogP contribution is 2.32. The standard InChI is InChI=1S/C20H18N2O4.C2H4O2/c1-26-20(25)12-8-6-11(7-9-12)17-18-14(10-16(22-17)19(23)24)13-4-2-3-5-15(13)21-18;1-2(3)4/h2-9,16-17,21-22H,10H2,1H3,(H,23,24);1H3,(H,3,4). The number of fused-ring (bicyclic) bond motifs is 3. The maximum atomic E-state index is 11.7. The number of nitrogens with two attached hydrogens (primary N) is 1. The van der Waals surface area contributed by atoms with Crippen LogP contribution in [0, 0.1) is 0 Å². The number of methoxy groups -OCH3 is 1. The molecule has 0 fully saturated rings. The zero-order valence-corrected chi connectivity index (χ0v) is 16.5. The van der Waals surface area contributed by atoms with Crippen LogP contribution in [0.2, 0.25) is 0 Å². The van der Waals surface area contributed by atoms with E-state index in [1.807, 2.05) is 41.7 Å². The number of carboxylic acid groups (broad SMARTS) is 2. The lowest BCUT2D eigenvalue weighted by molar-refractivity contribution is -0.712. The number of nitrogens with one attached hydrogen (secondary N) is 1. The van der Waals surface area contributed by atoms with Crippen molar-refractivity contribution in [2.45, 2.75) is 25.4 Å². The molecule has 2 atom stereocenters. The highest BCUT2D eigenvalue weighted by atomic mass is 16.5. The van der Waals surface area contributed by atoms with Gasteiger partial charge in [-0.15, -0.1) is 0 Å². The van der Waals surface area contributed by atoms with E-state index >= 15 is 0 Å². The lowest BCUT2D eigenvalue weighted by Gasteiger charge is -2.26. The van der Waals surface area contributed by atoms with Gasteiger partial charge in [0.15, 0.2) is 12.1 Å². The number of carboxylic acids is 2. The van der Waals surface area contributed by atoms with Gasteiger partial charge in [-0.2, -0.15) is 0 Å². The maximum Gasteiger partial charge on any atom is 0.362 e. The van der Waals surface area contributed by atoms with Gasteiger partial charge in [-0.05, 0) is 30.7 Å². The first kappa shape index (κ1) is 21.1. The molecule has 0 amide bonds. The van der Waals surface area contributed by atoms with Crippen LogP contribution in [0.3, 0.4) is 0 Å². The van der Waals surface area contributed by atoms with Crippen LogP contribution in [0.5, 0.6) is 0 Å². The monoisotopic (exact) mass is 410 g/mol. The second-order valence-electron chi connectivity index (χ2n) is 6.99. The van der Waals surface area contributed by atoms with Crippen LogP contribution < -0.4 is 10.4 Å². The molecule has 4 N–H and O–H groups in total. The molecule has 0 saturated carbocycles. The summed E-state index contributed by atoms with van der Waals surface area (Å²) in [6, 6.07) is 14.4. The third kappa shape index (κ3) is 4.33. The van der Waals surface area contributed by atoms with Crippen LogP contribution in [-0.2, 0) is 20.7 Å². The maximum absolute atomic E-state index is 11.7. The predicted octanol–water partition coefficient (Wildman–Crippen LogP) is 0.373. The number of aromatic amines is 1. The summed E-state index contributed by atoms with van der Waals surface area (Å²) in [4.78, 5) is 35.7. The van der Waals surface area contributed by atoms with Gasteiger partial charge in [0.05, 0.1) is 18.4 Å². The first-order chi connectivity index (χ1) is 14.3. The van der Waals surface area contributed by atoms with Gasteiger partial charge in [-0.1, -0.05) is 30.3 Å². The second-order valence-corrected chi connectivity index (χ2v) is 6.99. The number of ether oxygens (including phenoxy) is 1. The number of hydrogen-bond acceptors (Lipinski definition) is 5. The largest absolute Gasteiger partial charge is 0.550 e. The van der Waals surface area contributed by atoms with Crippen molar-refractivity contribution in [3.05, 3.63) is 70.9 Å². The molecular weight excluding hydrogens is 388 g/mol. The number of rotatable bonds is 3. The van der Waals surface area contributed by atoms with Crippen LogP contribution in [-0.4, -0.2) is 41.2 Å². The van der Waals surface area contributed by atoms with Gasteiger partial charge in [0, 0.05) is 28.9 Å². The summed E-state index contributed by atoms with van der Waals surface area (Å²) in [5.74, 6) is -2.30. The molecule has 2 heterocycles. The fraction of sp³-hybridized carbons (Fsp3) is 0.227. The minimum Gasteiger partial charge on any atom is -0.550 e. The SMILES string of the molecule is CC(=O)[O-].COC(=O)c1ccc(C2[NH2+]C(C(=O)O)Cc3c2[nH]c2ccccc32)cc1. The van der Waals surface area contributed by atoms with Crippen LogP contribution in [0.1, 0.15) is 40.1 Å². The zero-order chi connectivity index (χ0) is 21.8. The summed E-state index contributed by atoms with van der Waals surface area (Å²) in [7, 11) is 1.35. The van der Waals surface area contributed by atoms with E-state index in [1.165, 1.54) is 7.11 Å². The molecule has 8 heteroatoms. The number of carbonyl (C=O) groups is 3. The van der Waals surface area contributed by atoms with E-state index in [2.05, 4.69) is 4.98 Å². The van der Waals surface area contributed by atoms with Crippen LogP contribution in [0.15, 0.2) is 48.5 Å². The van der Waals surface area contributed by atoms with Gasteiger partial charge in [-0.3, -0.25) is 0 Å². The number of hydrogen-bond donors (Lipinski definition) is 3. The summed E-state index contributed by atoms with van der Waals surface area (Å²) in [5, 5.41) is 21.4. The number of benzene rings is 2. The Balaban J connectivity index is 0.000000589. The van der Waals surface area contributed by atoms with Crippen LogP contribution >= 0.6 is 0 Å². The summed E-state index contributed by atoms with van der Waals surface area (Å²) < 4.78 is 4.74. The molecule has 1 aromatic heterocycles. The van der Waals surface area contributed by atoms with Crippen LogP contribution in [0.25, 0.3) is 10.9 Å². The topological polar surface area (TPSA) is 136 Å². The predicted molar refractivity (Wildman–Crippen MR) is 106 cm³/mol. The highest BCUT2D eigenvalue weighted by molar-refractivity contribution is 5.89. The molecule has 4 rings (SSSR count). The van der Waals surface area contributed by atoms with E-state index in [-0.39, 0.29) is 12.0 Å². The minimum atomic E-state index is -1.08. The molecule has 0 radical (unpaired) electrons. The van der Waals surface area contributed by atoms with Gasteiger partial charge in [0.2, 0.25) is 0 Å². The van der Waals surface area contributed by atoms with E-state index in [9.17, 15) is 14.7 Å². The van der Waals surface area contributed by atoms with E-state index in [0.29, 0.717) is 12.0 Å². The number of H-pyrrole nitrogens is 1. The van der Waals surface area contributed by atoms with Gasteiger partial charge in [0.25, 0.3) is 0 Å². The van der Waals surface area contributed by atoms with Crippen molar-refractivity contribution >= 4 is 28.8 Å². The Kier molecular flexibility index (Phi) is 6.17. The summed E-state index contributed by atoms with van der Waals surface area (Å²) in [6.07, 6.45) is 0.478. The molecule has 0 saturated heterocycles. The fourth-order valence-corrected chi connectivity index (χ4v) is 3.71.